The van der Waals surface area contributed by atoms with E-state index in [1.807, 2.05) is 19.9 Å². The molecule has 0 unspecified atom stereocenters. The lowest BCUT2D eigenvalue weighted by Crippen LogP contribution is -2.02. The first-order valence-corrected chi connectivity index (χ1v) is 5.86. The van der Waals surface area contributed by atoms with E-state index in [-0.39, 0.29) is 11.8 Å². The van der Waals surface area contributed by atoms with Crippen LogP contribution in [0.1, 0.15) is 28.7 Å². The number of ketones is 1. The lowest BCUT2D eigenvalue weighted by atomic mass is 10.1. The average Bonchev–Trinajstić information content (AvgIpc) is 2.30. The molecule has 5 nitrogen and oxygen atoms in total. The fraction of sp³-hybridized carbons (Fsp3) is 0.214. The Balaban J connectivity index is 2.40. The van der Waals surface area contributed by atoms with Crippen LogP contribution in [-0.4, -0.2) is 15.8 Å². The number of benzene rings is 1. The Bertz CT molecular complexity index is 618. The summed E-state index contributed by atoms with van der Waals surface area (Å²) < 4.78 is 5.59. The van der Waals surface area contributed by atoms with Crippen molar-refractivity contribution in [1.82, 2.24) is 9.97 Å². The molecule has 98 valence electrons. The molecule has 0 saturated carbocycles. The van der Waals surface area contributed by atoms with Gasteiger partial charge < -0.3 is 10.5 Å². The third-order valence-electron chi connectivity index (χ3n) is 2.55. The van der Waals surface area contributed by atoms with E-state index < -0.39 is 0 Å². The van der Waals surface area contributed by atoms with Crippen LogP contribution < -0.4 is 10.5 Å². The Morgan fingerprint density at radius 1 is 1.16 bits per heavy atom. The lowest BCUT2D eigenvalue weighted by Gasteiger charge is -2.09. The summed E-state index contributed by atoms with van der Waals surface area (Å²) in [5.41, 5.74) is 8.22. The minimum atomic E-state index is -0.119. The maximum absolute atomic E-state index is 11.6. The number of nitrogens with zero attached hydrogens (tertiary/aromatic N) is 2. The number of carbonyl (C=O) groups is 1. The third kappa shape index (κ3) is 3.07. The number of nitrogen functional groups attached to an aromatic ring is 1. The summed E-state index contributed by atoms with van der Waals surface area (Å²) in [5.74, 6) is 0.290. The second kappa shape index (κ2) is 5.06. The van der Waals surface area contributed by atoms with Crippen molar-refractivity contribution in [3.63, 3.8) is 0 Å². The van der Waals surface area contributed by atoms with Crippen LogP contribution in [0.5, 0.6) is 11.8 Å². The van der Waals surface area contributed by atoms with Crippen LogP contribution >= 0.6 is 0 Å². The highest BCUT2D eigenvalue weighted by Crippen LogP contribution is 2.25. The second-order valence-corrected chi connectivity index (χ2v) is 4.35. The van der Waals surface area contributed by atoms with Crippen molar-refractivity contribution in [2.75, 3.05) is 5.73 Å². The van der Waals surface area contributed by atoms with E-state index in [9.17, 15) is 4.79 Å². The molecule has 0 aliphatic rings. The van der Waals surface area contributed by atoms with Crippen LogP contribution in [0, 0.1) is 13.8 Å². The quantitative estimate of drug-likeness (QED) is 0.675. The van der Waals surface area contributed by atoms with E-state index in [4.69, 9.17) is 10.5 Å². The van der Waals surface area contributed by atoms with E-state index in [1.54, 1.807) is 18.2 Å². The van der Waals surface area contributed by atoms with E-state index in [2.05, 4.69) is 9.97 Å². The molecule has 0 aliphatic carbocycles. The van der Waals surface area contributed by atoms with Crippen LogP contribution in [0.25, 0.3) is 0 Å². The molecule has 1 heterocycles. The molecule has 0 amide bonds. The monoisotopic (exact) mass is 257 g/mol. The molecule has 2 aromatic rings. The molecule has 0 fully saturated rings. The van der Waals surface area contributed by atoms with Gasteiger partial charge in [-0.15, -0.1) is 0 Å². The first kappa shape index (κ1) is 13.0. The molecular formula is C14H15N3O2. The number of anilines is 1. The summed E-state index contributed by atoms with van der Waals surface area (Å²) in [6, 6.07) is 6.98. The minimum Gasteiger partial charge on any atom is -0.424 e. The zero-order valence-electron chi connectivity index (χ0n) is 11.1. The molecule has 0 bridgehead atoms. The smallest absolute Gasteiger partial charge is 0.322 e. The number of aromatic nitrogens is 2. The fourth-order valence-electron chi connectivity index (χ4n) is 1.75. The highest BCUT2D eigenvalue weighted by Gasteiger charge is 2.11. The number of carbonyl (C=O) groups excluding carboxylic acids is 1. The van der Waals surface area contributed by atoms with Crippen LogP contribution in [0.15, 0.2) is 24.3 Å². The molecule has 5 heteroatoms. The normalized spacial score (nSPS) is 10.3. The molecule has 0 atom stereocenters. The molecule has 1 aromatic carbocycles. The van der Waals surface area contributed by atoms with Crippen molar-refractivity contribution >= 4 is 11.5 Å². The zero-order chi connectivity index (χ0) is 14.0. The summed E-state index contributed by atoms with van der Waals surface area (Å²) in [4.78, 5) is 19.9. The molecule has 0 saturated heterocycles. The minimum absolute atomic E-state index is 0.119. The zero-order valence-corrected chi connectivity index (χ0v) is 11.1. The Kier molecular flexibility index (Phi) is 3.46. The van der Waals surface area contributed by atoms with Gasteiger partial charge in [0.15, 0.2) is 5.78 Å². The molecule has 0 spiro atoms. The Morgan fingerprint density at radius 3 is 2.37 bits per heavy atom. The highest BCUT2D eigenvalue weighted by molar-refractivity contribution is 5.97. The maximum atomic E-state index is 11.6. The Hall–Kier alpha value is -2.43. The number of rotatable bonds is 3. The van der Waals surface area contributed by atoms with E-state index >= 15 is 0 Å². The van der Waals surface area contributed by atoms with Crippen LogP contribution in [0.2, 0.25) is 0 Å². The van der Waals surface area contributed by atoms with Crippen molar-refractivity contribution in [2.45, 2.75) is 20.8 Å². The standard InChI is InChI=1S/C14H15N3O2/c1-8-6-9(2)17-14(16-8)19-13-5-4-11(15)7-12(13)10(3)18/h4-7H,15H2,1-3H3. The van der Waals surface area contributed by atoms with Gasteiger partial charge >= 0.3 is 6.01 Å². The van der Waals surface area contributed by atoms with Crippen LogP contribution in [0.4, 0.5) is 5.69 Å². The predicted molar refractivity (Wildman–Crippen MR) is 72.4 cm³/mol. The van der Waals surface area contributed by atoms with E-state index in [1.165, 1.54) is 6.92 Å². The van der Waals surface area contributed by atoms with Gasteiger partial charge in [0.1, 0.15) is 5.75 Å². The first-order chi connectivity index (χ1) is 8.95. The number of nitrogens with two attached hydrogens (primary N) is 1. The van der Waals surface area contributed by atoms with Gasteiger partial charge in [0.25, 0.3) is 0 Å². The van der Waals surface area contributed by atoms with E-state index in [0.717, 1.165) is 11.4 Å². The summed E-state index contributed by atoms with van der Waals surface area (Å²) in [5, 5.41) is 0. The SMILES string of the molecule is CC(=O)c1cc(N)ccc1Oc1nc(C)cc(C)n1. The molecule has 0 aliphatic heterocycles. The molecule has 2 rings (SSSR count). The highest BCUT2D eigenvalue weighted by atomic mass is 16.5. The van der Waals surface area contributed by atoms with Crippen LogP contribution in [0.3, 0.4) is 0 Å². The average molecular weight is 257 g/mol. The molecule has 1 aromatic heterocycles. The number of ether oxygens (including phenoxy) is 1. The van der Waals surface area contributed by atoms with E-state index in [0.29, 0.717) is 17.0 Å². The van der Waals surface area contributed by atoms with Crippen molar-refractivity contribution in [2.24, 2.45) is 0 Å². The molecule has 2 N–H and O–H groups in total. The molecular weight excluding hydrogens is 242 g/mol. The van der Waals surface area contributed by atoms with Crippen molar-refractivity contribution in [3.8, 4) is 11.8 Å². The topological polar surface area (TPSA) is 78.1 Å². The van der Waals surface area contributed by atoms with Gasteiger partial charge in [0, 0.05) is 17.1 Å². The number of Topliss-reactive ketones (excluding diaryl/α,β-unsaturated/α-hetero) is 1. The Morgan fingerprint density at radius 2 is 1.79 bits per heavy atom. The van der Waals surface area contributed by atoms with Crippen molar-refractivity contribution in [3.05, 3.63) is 41.2 Å². The predicted octanol–water partition coefficient (Wildman–Crippen LogP) is 2.67. The van der Waals surface area contributed by atoms with Gasteiger partial charge in [-0.1, -0.05) is 0 Å². The van der Waals surface area contributed by atoms with Gasteiger partial charge in [0.05, 0.1) is 5.56 Å². The van der Waals surface area contributed by atoms with Crippen molar-refractivity contribution in [1.29, 1.82) is 0 Å². The first-order valence-electron chi connectivity index (χ1n) is 5.86. The van der Waals surface area contributed by atoms with Gasteiger partial charge in [-0.25, -0.2) is 9.97 Å². The van der Waals surface area contributed by atoms with Crippen molar-refractivity contribution < 1.29 is 9.53 Å². The lowest BCUT2D eigenvalue weighted by molar-refractivity contribution is 0.101. The number of hydrogen-bond donors (Lipinski definition) is 1. The largest absolute Gasteiger partial charge is 0.424 e. The molecule has 0 radical (unpaired) electrons. The Labute approximate surface area is 111 Å². The molecule has 19 heavy (non-hydrogen) atoms. The van der Waals surface area contributed by atoms with Gasteiger partial charge in [0.2, 0.25) is 0 Å². The summed E-state index contributed by atoms with van der Waals surface area (Å²) >= 11 is 0. The summed E-state index contributed by atoms with van der Waals surface area (Å²) in [6.07, 6.45) is 0. The van der Waals surface area contributed by atoms with Gasteiger partial charge in [-0.3, -0.25) is 4.79 Å². The van der Waals surface area contributed by atoms with Gasteiger partial charge in [-0.05, 0) is 45.0 Å². The van der Waals surface area contributed by atoms with Crippen LogP contribution in [-0.2, 0) is 0 Å². The fourth-order valence-corrected chi connectivity index (χ4v) is 1.75. The number of hydrogen-bond acceptors (Lipinski definition) is 5. The second-order valence-electron chi connectivity index (χ2n) is 4.35. The maximum Gasteiger partial charge on any atom is 0.322 e. The number of aryl methyl sites for hydroxylation is 2. The summed E-state index contributed by atoms with van der Waals surface area (Å²) in [6.45, 7) is 5.18. The third-order valence-corrected chi connectivity index (χ3v) is 2.55. The summed E-state index contributed by atoms with van der Waals surface area (Å²) in [7, 11) is 0. The van der Waals surface area contributed by atoms with Gasteiger partial charge in [-0.2, -0.15) is 0 Å².